The summed E-state index contributed by atoms with van der Waals surface area (Å²) in [4.78, 5) is 23.9. The van der Waals surface area contributed by atoms with E-state index < -0.39 is 11.7 Å². The first kappa shape index (κ1) is 25.8. The average molecular weight is 479 g/mol. The Morgan fingerprint density at radius 1 is 1.00 bits per heavy atom. The highest BCUT2D eigenvalue weighted by Crippen LogP contribution is 2.34. The van der Waals surface area contributed by atoms with E-state index in [1.807, 2.05) is 0 Å². The molecule has 0 radical (unpaired) electrons. The van der Waals surface area contributed by atoms with E-state index in [9.17, 15) is 9.59 Å². The lowest BCUT2D eigenvalue weighted by Crippen LogP contribution is -2.48. The van der Waals surface area contributed by atoms with Gasteiger partial charge in [0.15, 0.2) is 0 Å². The molecule has 3 N–H and O–H groups in total. The molecule has 1 aromatic heterocycles. The van der Waals surface area contributed by atoms with E-state index in [0.29, 0.717) is 18.6 Å². The molecule has 0 unspecified atom stereocenters. The number of nitrogens with one attached hydrogen (secondary N) is 3. The van der Waals surface area contributed by atoms with Crippen molar-refractivity contribution in [2.24, 2.45) is 0 Å². The molecule has 1 aromatic rings. The quantitative estimate of drug-likeness (QED) is 0.430. The largest absolute Gasteiger partial charge is 0.444 e. The number of nitrogens with zero attached hydrogens (tertiary/aromatic N) is 1. The fraction of sp³-hybridized carbons (Fsp3) is 0.760. The SMILES string of the molecule is Cc1c(CNC(=O)CNC(=O)OC(C)(C)C)csc1NN(C1CCCCC1)C1CCCCC1. The predicted molar refractivity (Wildman–Crippen MR) is 134 cm³/mol. The van der Waals surface area contributed by atoms with Crippen LogP contribution in [0.5, 0.6) is 0 Å². The highest BCUT2D eigenvalue weighted by Gasteiger charge is 2.29. The van der Waals surface area contributed by atoms with Crippen molar-refractivity contribution >= 4 is 28.3 Å². The van der Waals surface area contributed by atoms with Crippen LogP contribution in [0.15, 0.2) is 5.38 Å². The van der Waals surface area contributed by atoms with Crippen LogP contribution in [-0.2, 0) is 16.1 Å². The van der Waals surface area contributed by atoms with Gasteiger partial charge in [-0.3, -0.25) is 4.79 Å². The lowest BCUT2D eigenvalue weighted by atomic mass is 9.90. The number of alkyl carbamates (subject to hydrolysis) is 1. The maximum Gasteiger partial charge on any atom is 0.408 e. The van der Waals surface area contributed by atoms with E-state index in [1.54, 1.807) is 32.1 Å². The number of rotatable bonds is 8. The van der Waals surface area contributed by atoms with Crippen LogP contribution in [0.3, 0.4) is 0 Å². The molecular formula is C25H42N4O3S. The second-order valence-electron chi connectivity index (χ2n) is 10.4. The summed E-state index contributed by atoms with van der Waals surface area (Å²) in [5.41, 5.74) is 5.54. The zero-order chi connectivity index (χ0) is 23.8. The molecule has 0 saturated heterocycles. The molecule has 33 heavy (non-hydrogen) atoms. The van der Waals surface area contributed by atoms with E-state index >= 15 is 0 Å². The second-order valence-corrected chi connectivity index (χ2v) is 11.3. The summed E-state index contributed by atoms with van der Waals surface area (Å²) < 4.78 is 5.17. The Labute approximate surface area is 203 Å². The van der Waals surface area contributed by atoms with Crippen molar-refractivity contribution in [3.05, 3.63) is 16.5 Å². The van der Waals surface area contributed by atoms with Crippen molar-refractivity contribution in [3.63, 3.8) is 0 Å². The van der Waals surface area contributed by atoms with E-state index in [-0.39, 0.29) is 12.5 Å². The topological polar surface area (TPSA) is 82.7 Å². The van der Waals surface area contributed by atoms with E-state index in [1.165, 1.54) is 74.8 Å². The smallest absolute Gasteiger partial charge is 0.408 e. The number of thiophene rings is 1. The first-order valence-electron chi connectivity index (χ1n) is 12.6. The Balaban J connectivity index is 1.54. The molecule has 8 heteroatoms. The van der Waals surface area contributed by atoms with Gasteiger partial charge < -0.3 is 20.8 Å². The predicted octanol–water partition coefficient (Wildman–Crippen LogP) is 5.49. The third-order valence-corrected chi connectivity index (χ3v) is 7.61. The molecule has 3 rings (SSSR count). The number of hydrogen-bond acceptors (Lipinski definition) is 6. The van der Waals surface area contributed by atoms with Gasteiger partial charge in [0.2, 0.25) is 5.91 Å². The van der Waals surface area contributed by atoms with Crippen LogP contribution in [0.1, 0.15) is 96.1 Å². The second kappa shape index (κ2) is 12.1. The van der Waals surface area contributed by atoms with Gasteiger partial charge in [-0.1, -0.05) is 38.5 Å². The summed E-state index contributed by atoms with van der Waals surface area (Å²) in [5.74, 6) is -0.230. The first-order valence-corrected chi connectivity index (χ1v) is 13.5. The van der Waals surface area contributed by atoms with E-state index in [4.69, 9.17) is 4.74 Å². The third kappa shape index (κ3) is 8.18. The fourth-order valence-corrected chi connectivity index (χ4v) is 5.76. The summed E-state index contributed by atoms with van der Waals surface area (Å²) in [6, 6.07) is 1.23. The zero-order valence-corrected chi connectivity index (χ0v) is 21.6. The number of anilines is 1. The van der Waals surface area contributed by atoms with Gasteiger partial charge in [0.25, 0.3) is 0 Å². The molecule has 186 valence electrons. The summed E-state index contributed by atoms with van der Waals surface area (Å²) in [7, 11) is 0. The van der Waals surface area contributed by atoms with Gasteiger partial charge in [-0.15, -0.1) is 11.3 Å². The molecular weight excluding hydrogens is 436 g/mol. The zero-order valence-electron chi connectivity index (χ0n) is 20.8. The Kier molecular flexibility index (Phi) is 9.44. The van der Waals surface area contributed by atoms with Crippen LogP contribution < -0.4 is 16.1 Å². The van der Waals surface area contributed by atoms with E-state index in [0.717, 1.165) is 5.56 Å². The summed E-state index contributed by atoms with van der Waals surface area (Å²) in [5, 5.41) is 11.3. The molecule has 2 saturated carbocycles. The molecule has 0 aliphatic heterocycles. The maximum atomic E-state index is 12.2. The van der Waals surface area contributed by atoms with Crippen molar-refractivity contribution in [1.29, 1.82) is 0 Å². The van der Waals surface area contributed by atoms with Gasteiger partial charge >= 0.3 is 6.09 Å². The minimum Gasteiger partial charge on any atom is -0.444 e. The number of hydrazine groups is 1. The van der Waals surface area contributed by atoms with Gasteiger partial charge in [0.1, 0.15) is 17.1 Å². The molecule has 0 atom stereocenters. The normalized spacial score (nSPS) is 18.2. The molecule has 2 aliphatic carbocycles. The number of ether oxygens (including phenoxy) is 1. The number of carbonyl (C=O) groups is 2. The van der Waals surface area contributed by atoms with E-state index in [2.05, 4.69) is 33.4 Å². The van der Waals surface area contributed by atoms with Gasteiger partial charge in [0, 0.05) is 18.6 Å². The maximum absolute atomic E-state index is 12.2. The molecule has 0 aromatic carbocycles. The number of carbonyl (C=O) groups excluding carboxylic acids is 2. The van der Waals surface area contributed by atoms with Crippen LogP contribution in [0.2, 0.25) is 0 Å². The highest BCUT2D eigenvalue weighted by molar-refractivity contribution is 7.14. The van der Waals surface area contributed by atoms with Crippen LogP contribution >= 0.6 is 11.3 Å². The number of hydrogen-bond donors (Lipinski definition) is 3. The van der Waals surface area contributed by atoms with Crippen LogP contribution in [0, 0.1) is 6.92 Å². The Morgan fingerprint density at radius 3 is 2.12 bits per heavy atom. The minimum atomic E-state index is -0.582. The van der Waals surface area contributed by atoms with Crippen molar-refractivity contribution in [1.82, 2.24) is 15.6 Å². The summed E-state index contributed by atoms with van der Waals surface area (Å²) >= 11 is 1.71. The van der Waals surface area contributed by atoms with Crippen LogP contribution in [0.25, 0.3) is 0 Å². The van der Waals surface area contributed by atoms with Crippen molar-refractivity contribution in [2.75, 3.05) is 12.0 Å². The molecule has 2 fully saturated rings. The Bertz CT molecular complexity index is 759. The van der Waals surface area contributed by atoms with Gasteiger partial charge in [-0.05, 0) is 69.9 Å². The van der Waals surface area contributed by atoms with Crippen LogP contribution in [-0.4, -0.2) is 41.2 Å². The lowest BCUT2D eigenvalue weighted by molar-refractivity contribution is -0.120. The monoisotopic (exact) mass is 478 g/mol. The molecule has 0 spiro atoms. The lowest BCUT2D eigenvalue weighted by Gasteiger charge is -2.42. The Hall–Kier alpha value is -1.80. The average Bonchev–Trinajstić information content (AvgIpc) is 3.13. The molecule has 1 heterocycles. The van der Waals surface area contributed by atoms with Gasteiger partial charge in [0.05, 0.1) is 0 Å². The summed E-state index contributed by atoms with van der Waals surface area (Å²) in [6.45, 7) is 7.86. The van der Waals surface area contributed by atoms with Crippen molar-refractivity contribution < 1.29 is 14.3 Å². The standard InChI is InChI=1S/C25H42N4O3S/c1-18-19(15-26-22(30)16-27-24(31)32-25(2,3)4)17-33-23(18)28-29(20-11-7-5-8-12-20)21-13-9-6-10-14-21/h17,20-21,28H,5-16H2,1-4H3,(H,26,30)(H,27,31). The molecule has 7 nitrogen and oxygen atoms in total. The fourth-order valence-electron chi connectivity index (χ4n) is 4.78. The minimum absolute atomic E-state index is 0.0969. The molecule has 2 amide bonds. The number of amides is 2. The summed E-state index contributed by atoms with van der Waals surface area (Å²) in [6.07, 6.45) is 12.6. The highest BCUT2D eigenvalue weighted by atomic mass is 32.1. The first-order chi connectivity index (χ1) is 15.7. The van der Waals surface area contributed by atoms with Crippen molar-refractivity contribution in [2.45, 2.75) is 116 Å². The van der Waals surface area contributed by atoms with Gasteiger partial charge in [-0.25, -0.2) is 9.80 Å². The molecule has 2 aliphatic rings. The third-order valence-electron chi connectivity index (χ3n) is 6.58. The van der Waals surface area contributed by atoms with Crippen LogP contribution in [0.4, 0.5) is 9.80 Å². The van der Waals surface area contributed by atoms with Crippen molar-refractivity contribution in [3.8, 4) is 0 Å². The Morgan fingerprint density at radius 2 is 1.58 bits per heavy atom. The van der Waals surface area contributed by atoms with Gasteiger partial charge in [-0.2, -0.15) is 0 Å². The molecule has 0 bridgehead atoms.